The second kappa shape index (κ2) is 4.64. The summed E-state index contributed by atoms with van der Waals surface area (Å²) >= 11 is 6.13. The van der Waals surface area contributed by atoms with E-state index in [2.05, 4.69) is 4.98 Å². The normalized spacial score (nSPS) is 12.4. The first-order valence-corrected chi connectivity index (χ1v) is 5.48. The molecule has 82 valence electrons. The first-order valence-electron chi connectivity index (χ1n) is 5.10. The maximum absolute atomic E-state index is 6.21. The van der Waals surface area contributed by atoms with Gasteiger partial charge < -0.3 is 5.73 Å². The molecule has 1 atom stereocenters. The van der Waals surface area contributed by atoms with Gasteiger partial charge in [0.2, 0.25) is 0 Å². The highest BCUT2D eigenvalue weighted by Crippen LogP contribution is 2.27. The molecule has 0 spiro atoms. The lowest BCUT2D eigenvalue weighted by Gasteiger charge is -2.15. The highest BCUT2D eigenvalue weighted by molar-refractivity contribution is 6.31. The maximum atomic E-state index is 6.21. The van der Waals surface area contributed by atoms with Crippen molar-refractivity contribution in [2.24, 2.45) is 5.73 Å². The Balaban J connectivity index is 2.44. The molecule has 2 aromatic rings. The first-order chi connectivity index (χ1) is 7.70. The SMILES string of the molecule is Cc1cnccc1C(N)c1ccccc1Cl. The standard InChI is InChI=1S/C13H13ClN2/c1-9-8-16-7-6-10(9)13(15)11-4-2-3-5-12(11)14/h2-8,13H,15H2,1H3. The van der Waals surface area contributed by atoms with Gasteiger partial charge in [-0.1, -0.05) is 29.8 Å². The molecule has 1 heterocycles. The lowest BCUT2D eigenvalue weighted by molar-refractivity contribution is 0.857. The fourth-order valence-electron chi connectivity index (χ4n) is 1.73. The fraction of sp³-hybridized carbons (Fsp3) is 0.154. The Bertz CT molecular complexity index is 451. The Morgan fingerprint density at radius 1 is 1.19 bits per heavy atom. The fourth-order valence-corrected chi connectivity index (χ4v) is 1.98. The number of aryl methyl sites for hydroxylation is 1. The summed E-state index contributed by atoms with van der Waals surface area (Å²) in [5.41, 5.74) is 9.29. The Hall–Kier alpha value is -1.38. The molecule has 0 aliphatic heterocycles. The molecule has 0 aliphatic carbocycles. The van der Waals surface area contributed by atoms with Gasteiger partial charge in [0, 0.05) is 17.4 Å². The molecule has 1 aromatic heterocycles. The van der Waals surface area contributed by atoms with E-state index in [4.69, 9.17) is 17.3 Å². The number of aromatic nitrogens is 1. The summed E-state index contributed by atoms with van der Waals surface area (Å²) in [7, 11) is 0. The van der Waals surface area contributed by atoms with Crippen LogP contribution in [0.1, 0.15) is 22.7 Å². The van der Waals surface area contributed by atoms with Crippen LogP contribution in [0.15, 0.2) is 42.7 Å². The zero-order valence-corrected chi connectivity index (χ0v) is 9.78. The van der Waals surface area contributed by atoms with Crippen molar-refractivity contribution in [3.63, 3.8) is 0 Å². The van der Waals surface area contributed by atoms with Crippen LogP contribution in [0.25, 0.3) is 0 Å². The molecule has 16 heavy (non-hydrogen) atoms. The summed E-state index contributed by atoms with van der Waals surface area (Å²) in [4.78, 5) is 4.05. The van der Waals surface area contributed by atoms with E-state index in [1.165, 1.54) is 0 Å². The number of pyridine rings is 1. The minimum atomic E-state index is -0.198. The van der Waals surface area contributed by atoms with Gasteiger partial charge in [-0.2, -0.15) is 0 Å². The molecule has 0 radical (unpaired) electrons. The van der Waals surface area contributed by atoms with Gasteiger partial charge in [0.1, 0.15) is 0 Å². The number of hydrogen-bond donors (Lipinski definition) is 1. The third-order valence-corrected chi connectivity index (χ3v) is 2.98. The van der Waals surface area contributed by atoms with Crippen molar-refractivity contribution in [2.75, 3.05) is 0 Å². The van der Waals surface area contributed by atoms with E-state index in [0.717, 1.165) is 16.7 Å². The van der Waals surface area contributed by atoms with Crippen LogP contribution in [-0.4, -0.2) is 4.98 Å². The Morgan fingerprint density at radius 2 is 1.94 bits per heavy atom. The number of rotatable bonds is 2. The average molecular weight is 233 g/mol. The van der Waals surface area contributed by atoms with Gasteiger partial charge >= 0.3 is 0 Å². The molecule has 0 fully saturated rings. The van der Waals surface area contributed by atoms with E-state index < -0.39 is 0 Å². The minimum Gasteiger partial charge on any atom is -0.320 e. The Morgan fingerprint density at radius 3 is 2.62 bits per heavy atom. The van der Waals surface area contributed by atoms with Crippen LogP contribution in [0.4, 0.5) is 0 Å². The minimum absolute atomic E-state index is 0.198. The molecule has 1 unspecified atom stereocenters. The molecule has 1 aromatic carbocycles. The topological polar surface area (TPSA) is 38.9 Å². The van der Waals surface area contributed by atoms with Crippen LogP contribution in [0.3, 0.4) is 0 Å². The van der Waals surface area contributed by atoms with Gasteiger partial charge in [0.25, 0.3) is 0 Å². The van der Waals surface area contributed by atoms with Crippen LogP contribution in [0.5, 0.6) is 0 Å². The van der Waals surface area contributed by atoms with E-state index in [0.29, 0.717) is 5.02 Å². The van der Waals surface area contributed by atoms with Crippen LogP contribution in [0, 0.1) is 6.92 Å². The summed E-state index contributed by atoms with van der Waals surface area (Å²) in [5, 5.41) is 0.700. The molecule has 0 bridgehead atoms. The third-order valence-electron chi connectivity index (χ3n) is 2.64. The largest absolute Gasteiger partial charge is 0.320 e. The van der Waals surface area contributed by atoms with Gasteiger partial charge in [-0.05, 0) is 35.7 Å². The van der Waals surface area contributed by atoms with Crippen molar-refractivity contribution in [1.82, 2.24) is 4.98 Å². The molecule has 2 nitrogen and oxygen atoms in total. The van der Waals surface area contributed by atoms with Gasteiger partial charge in [-0.25, -0.2) is 0 Å². The molecular weight excluding hydrogens is 220 g/mol. The van der Waals surface area contributed by atoms with Crippen molar-refractivity contribution in [3.8, 4) is 0 Å². The van der Waals surface area contributed by atoms with E-state index in [-0.39, 0.29) is 6.04 Å². The highest BCUT2D eigenvalue weighted by Gasteiger charge is 2.13. The number of hydrogen-bond acceptors (Lipinski definition) is 2. The van der Waals surface area contributed by atoms with Gasteiger partial charge in [-0.3, -0.25) is 4.98 Å². The van der Waals surface area contributed by atoms with E-state index in [9.17, 15) is 0 Å². The molecule has 0 aliphatic rings. The Kier molecular flexibility index (Phi) is 3.22. The number of benzene rings is 1. The predicted molar refractivity (Wildman–Crippen MR) is 66.5 cm³/mol. The van der Waals surface area contributed by atoms with E-state index >= 15 is 0 Å². The monoisotopic (exact) mass is 232 g/mol. The summed E-state index contributed by atoms with van der Waals surface area (Å²) < 4.78 is 0. The summed E-state index contributed by atoms with van der Waals surface area (Å²) in [5.74, 6) is 0. The molecule has 2 rings (SSSR count). The molecule has 3 heteroatoms. The van der Waals surface area contributed by atoms with Crippen molar-refractivity contribution in [1.29, 1.82) is 0 Å². The number of halogens is 1. The average Bonchev–Trinajstić information content (AvgIpc) is 2.29. The number of nitrogens with zero attached hydrogens (tertiary/aromatic N) is 1. The molecular formula is C13H13ClN2. The predicted octanol–water partition coefficient (Wildman–Crippen LogP) is 3.09. The maximum Gasteiger partial charge on any atom is 0.0570 e. The van der Waals surface area contributed by atoms with Gasteiger partial charge in [-0.15, -0.1) is 0 Å². The lowest BCUT2D eigenvalue weighted by atomic mass is 9.97. The van der Waals surface area contributed by atoms with Crippen LogP contribution < -0.4 is 5.73 Å². The molecule has 0 saturated carbocycles. The van der Waals surface area contributed by atoms with Gasteiger partial charge in [0.15, 0.2) is 0 Å². The smallest absolute Gasteiger partial charge is 0.0570 e. The van der Waals surface area contributed by atoms with Crippen molar-refractivity contribution in [3.05, 3.63) is 64.4 Å². The van der Waals surface area contributed by atoms with Gasteiger partial charge in [0.05, 0.1) is 6.04 Å². The summed E-state index contributed by atoms with van der Waals surface area (Å²) in [6.45, 7) is 2.00. The first kappa shape index (κ1) is 11.1. The summed E-state index contributed by atoms with van der Waals surface area (Å²) in [6, 6.07) is 9.38. The zero-order chi connectivity index (χ0) is 11.5. The highest BCUT2D eigenvalue weighted by atomic mass is 35.5. The van der Waals surface area contributed by atoms with Crippen molar-refractivity contribution < 1.29 is 0 Å². The molecule has 0 amide bonds. The third kappa shape index (κ3) is 2.08. The number of nitrogens with two attached hydrogens (primary N) is 1. The molecule has 2 N–H and O–H groups in total. The van der Waals surface area contributed by atoms with Crippen molar-refractivity contribution >= 4 is 11.6 Å². The summed E-state index contributed by atoms with van der Waals surface area (Å²) in [6.07, 6.45) is 3.56. The van der Waals surface area contributed by atoms with Crippen LogP contribution in [0.2, 0.25) is 5.02 Å². The lowest BCUT2D eigenvalue weighted by Crippen LogP contribution is -2.13. The second-order valence-electron chi connectivity index (χ2n) is 3.73. The quantitative estimate of drug-likeness (QED) is 0.864. The van der Waals surface area contributed by atoms with Crippen molar-refractivity contribution in [2.45, 2.75) is 13.0 Å². The zero-order valence-electron chi connectivity index (χ0n) is 9.02. The van der Waals surface area contributed by atoms with E-state index in [1.807, 2.05) is 43.5 Å². The van der Waals surface area contributed by atoms with Crippen LogP contribution >= 0.6 is 11.6 Å². The molecule has 0 saturated heterocycles. The van der Waals surface area contributed by atoms with Crippen LogP contribution in [-0.2, 0) is 0 Å². The Labute approximate surface area is 100 Å². The van der Waals surface area contributed by atoms with E-state index in [1.54, 1.807) is 6.20 Å². The second-order valence-corrected chi connectivity index (χ2v) is 4.14.